The van der Waals surface area contributed by atoms with Gasteiger partial charge in [0.2, 0.25) is 0 Å². The van der Waals surface area contributed by atoms with Crippen LogP contribution in [0.15, 0.2) is 11.4 Å². The van der Waals surface area contributed by atoms with E-state index in [9.17, 15) is 14.4 Å². The molecule has 0 spiro atoms. The smallest absolute Gasteiger partial charge is 0.349 e. The van der Waals surface area contributed by atoms with Crippen LogP contribution in [0.5, 0.6) is 5.75 Å². The highest BCUT2D eigenvalue weighted by atomic mass is 32.1. The topological polar surface area (TPSA) is 105 Å². The number of carboxylic acids is 1. The Bertz CT molecular complexity index is 509. The molecule has 0 atom stereocenters. The molecule has 0 saturated heterocycles. The summed E-state index contributed by atoms with van der Waals surface area (Å²) in [5.74, 6) is -1.62. The van der Waals surface area contributed by atoms with Gasteiger partial charge in [-0.1, -0.05) is 0 Å². The van der Waals surface area contributed by atoms with Crippen LogP contribution < -0.4 is 15.4 Å². The fourth-order valence-electron chi connectivity index (χ4n) is 1.32. The van der Waals surface area contributed by atoms with Gasteiger partial charge in [0.15, 0.2) is 11.5 Å². The Hall–Kier alpha value is -2.09. The van der Waals surface area contributed by atoms with E-state index in [0.717, 1.165) is 24.2 Å². The summed E-state index contributed by atoms with van der Waals surface area (Å²) in [4.78, 5) is 33.5. The van der Waals surface area contributed by atoms with Crippen LogP contribution in [0.4, 0.5) is 4.79 Å². The molecule has 0 unspecified atom stereocenters. The van der Waals surface area contributed by atoms with Crippen LogP contribution in [0.3, 0.4) is 0 Å². The number of imide groups is 1. The largest absolute Gasteiger partial charge is 0.482 e. The molecular weight excluding hydrogens is 272 g/mol. The van der Waals surface area contributed by atoms with Crippen molar-refractivity contribution < 1.29 is 24.2 Å². The molecule has 19 heavy (non-hydrogen) atoms. The van der Waals surface area contributed by atoms with Gasteiger partial charge < -0.3 is 15.2 Å². The fraction of sp³-hybridized carbons (Fsp3) is 0.364. The first-order valence-electron chi connectivity index (χ1n) is 5.60. The van der Waals surface area contributed by atoms with E-state index >= 15 is 0 Å². The molecule has 1 saturated carbocycles. The number of ether oxygens (including phenoxy) is 1. The third-order valence-electron chi connectivity index (χ3n) is 2.35. The average Bonchev–Trinajstić information content (AvgIpc) is 3.01. The summed E-state index contributed by atoms with van der Waals surface area (Å²) >= 11 is 1.00. The molecule has 7 nitrogen and oxygen atoms in total. The van der Waals surface area contributed by atoms with Gasteiger partial charge in [-0.25, -0.2) is 9.59 Å². The normalized spacial score (nSPS) is 13.7. The SMILES string of the molecule is O=C(COc1ccsc1C(=O)O)NC(=O)NC1CC1. The van der Waals surface area contributed by atoms with Crippen LogP contribution in [0.1, 0.15) is 22.5 Å². The Morgan fingerprint density at radius 3 is 2.79 bits per heavy atom. The van der Waals surface area contributed by atoms with Crippen LogP contribution in [0.25, 0.3) is 0 Å². The Morgan fingerprint density at radius 1 is 1.42 bits per heavy atom. The second-order valence-corrected chi connectivity index (χ2v) is 4.92. The lowest BCUT2D eigenvalue weighted by Gasteiger charge is -2.07. The second kappa shape index (κ2) is 5.70. The number of nitrogens with one attached hydrogen (secondary N) is 2. The van der Waals surface area contributed by atoms with Crippen molar-refractivity contribution in [2.75, 3.05) is 6.61 Å². The maximum atomic E-state index is 11.4. The Balaban J connectivity index is 1.77. The van der Waals surface area contributed by atoms with E-state index in [0.29, 0.717) is 0 Å². The maximum absolute atomic E-state index is 11.4. The Kier molecular flexibility index (Phi) is 4.00. The van der Waals surface area contributed by atoms with E-state index in [1.807, 2.05) is 0 Å². The van der Waals surface area contributed by atoms with Crippen LogP contribution in [0.2, 0.25) is 0 Å². The second-order valence-electron chi connectivity index (χ2n) is 4.00. The first-order chi connectivity index (χ1) is 9.06. The molecule has 0 aliphatic heterocycles. The molecular formula is C11H12N2O5S. The van der Waals surface area contributed by atoms with Crippen molar-refractivity contribution in [1.29, 1.82) is 0 Å². The van der Waals surface area contributed by atoms with Crippen LogP contribution in [-0.4, -0.2) is 35.7 Å². The van der Waals surface area contributed by atoms with Crippen molar-refractivity contribution in [1.82, 2.24) is 10.6 Å². The molecule has 0 radical (unpaired) electrons. The van der Waals surface area contributed by atoms with E-state index in [2.05, 4.69) is 10.6 Å². The van der Waals surface area contributed by atoms with E-state index in [1.54, 1.807) is 5.38 Å². The minimum absolute atomic E-state index is 0.0234. The van der Waals surface area contributed by atoms with Gasteiger partial charge in [-0.15, -0.1) is 11.3 Å². The lowest BCUT2D eigenvalue weighted by atomic mass is 10.4. The highest BCUT2D eigenvalue weighted by molar-refractivity contribution is 7.12. The van der Waals surface area contributed by atoms with Crippen molar-refractivity contribution in [3.8, 4) is 5.75 Å². The minimum atomic E-state index is -1.11. The lowest BCUT2D eigenvalue weighted by molar-refractivity contribution is -0.122. The number of carboxylic acid groups (broad SMARTS) is 1. The van der Waals surface area contributed by atoms with Gasteiger partial charge in [0, 0.05) is 6.04 Å². The number of thiophene rings is 1. The summed E-state index contributed by atoms with van der Waals surface area (Å²) < 4.78 is 5.06. The molecule has 1 aromatic heterocycles. The van der Waals surface area contributed by atoms with Crippen molar-refractivity contribution in [3.63, 3.8) is 0 Å². The van der Waals surface area contributed by atoms with Crippen molar-refractivity contribution in [2.24, 2.45) is 0 Å². The molecule has 8 heteroatoms. The zero-order valence-corrected chi connectivity index (χ0v) is 10.7. The summed E-state index contributed by atoms with van der Waals surface area (Å²) in [6.45, 7) is -0.408. The molecule has 0 bridgehead atoms. The fourth-order valence-corrected chi connectivity index (χ4v) is 1.99. The number of hydrogen-bond acceptors (Lipinski definition) is 5. The van der Waals surface area contributed by atoms with Crippen molar-refractivity contribution in [3.05, 3.63) is 16.3 Å². The van der Waals surface area contributed by atoms with Gasteiger partial charge in [0.25, 0.3) is 5.91 Å². The van der Waals surface area contributed by atoms with Crippen LogP contribution in [-0.2, 0) is 4.79 Å². The molecule has 3 N–H and O–H groups in total. The zero-order valence-electron chi connectivity index (χ0n) is 9.84. The standard InChI is InChI=1S/C11H12N2O5S/c14-8(13-11(17)12-6-1-2-6)5-18-7-3-4-19-9(7)10(15)16/h3-4,6H,1-2,5H2,(H,15,16)(H2,12,13,14,17). The third-order valence-corrected chi connectivity index (χ3v) is 3.23. The monoisotopic (exact) mass is 284 g/mol. The predicted octanol–water partition coefficient (Wildman–Crippen LogP) is 0.813. The Labute approximate surface area is 112 Å². The van der Waals surface area contributed by atoms with Crippen molar-refractivity contribution in [2.45, 2.75) is 18.9 Å². The van der Waals surface area contributed by atoms with E-state index in [-0.39, 0.29) is 16.7 Å². The number of urea groups is 1. The molecule has 1 fully saturated rings. The van der Waals surface area contributed by atoms with Gasteiger partial charge in [-0.2, -0.15) is 0 Å². The highest BCUT2D eigenvalue weighted by Crippen LogP contribution is 2.24. The van der Waals surface area contributed by atoms with E-state index in [1.165, 1.54) is 6.07 Å². The predicted molar refractivity (Wildman–Crippen MR) is 66.5 cm³/mol. The van der Waals surface area contributed by atoms with Gasteiger partial charge in [0.1, 0.15) is 5.75 Å². The number of carbonyl (C=O) groups is 3. The van der Waals surface area contributed by atoms with Gasteiger partial charge in [-0.05, 0) is 24.3 Å². The van der Waals surface area contributed by atoms with Crippen LogP contribution in [0, 0.1) is 0 Å². The minimum Gasteiger partial charge on any atom is -0.482 e. The number of amides is 3. The highest BCUT2D eigenvalue weighted by Gasteiger charge is 2.24. The molecule has 2 rings (SSSR count). The summed E-state index contributed by atoms with van der Waals surface area (Å²) in [5, 5.41) is 15.1. The molecule has 0 aromatic carbocycles. The first kappa shape index (κ1) is 13.3. The summed E-state index contributed by atoms with van der Waals surface area (Å²) in [6, 6.07) is 1.06. The zero-order chi connectivity index (χ0) is 13.8. The number of rotatable bonds is 5. The first-order valence-corrected chi connectivity index (χ1v) is 6.48. The van der Waals surface area contributed by atoms with Gasteiger partial charge in [-0.3, -0.25) is 10.1 Å². The molecule has 1 aliphatic carbocycles. The van der Waals surface area contributed by atoms with Gasteiger partial charge in [0.05, 0.1) is 0 Å². The third kappa shape index (κ3) is 3.95. The van der Waals surface area contributed by atoms with Crippen molar-refractivity contribution >= 4 is 29.2 Å². The van der Waals surface area contributed by atoms with E-state index < -0.39 is 24.5 Å². The molecule has 1 aromatic rings. The lowest BCUT2D eigenvalue weighted by Crippen LogP contribution is -2.42. The number of aromatic carboxylic acids is 1. The molecule has 1 aliphatic rings. The molecule has 3 amide bonds. The average molecular weight is 284 g/mol. The maximum Gasteiger partial charge on any atom is 0.349 e. The molecule has 1 heterocycles. The molecule has 102 valence electrons. The number of hydrogen-bond donors (Lipinski definition) is 3. The summed E-state index contributed by atoms with van der Waals surface area (Å²) in [6.07, 6.45) is 1.85. The summed E-state index contributed by atoms with van der Waals surface area (Å²) in [7, 11) is 0. The van der Waals surface area contributed by atoms with Gasteiger partial charge >= 0.3 is 12.0 Å². The summed E-state index contributed by atoms with van der Waals surface area (Å²) in [5.41, 5.74) is 0. The Morgan fingerprint density at radius 2 is 2.16 bits per heavy atom. The van der Waals surface area contributed by atoms with E-state index in [4.69, 9.17) is 9.84 Å². The van der Waals surface area contributed by atoms with Crippen LogP contribution >= 0.6 is 11.3 Å². The quantitative estimate of drug-likeness (QED) is 0.742. The number of carbonyl (C=O) groups excluding carboxylic acids is 2.